The topological polar surface area (TPSA) is 59.8 Å². The van der Waals surface area contributed by atoms with Crippen molar-refractivity contribution in [1.29, 1.82) is 0 Å². The number of nitrogens with one attached hydrogen (secondary N) is 1. The van der Waals surface area contributed by atoms with Gasteiger partial charge in [-0.3, -0.25) is 9.36 Å². The predicted octanol–water partition coefficient (Wildman–Crippen LogP) is 5.93. The summed E-state index contributed by atoms with van der Waals surface area (Å²) in [5, 5.41) is 13.5. The molecule has 168 valence electrons. The van der Waals surface area contributed by atoms with Crippen LogP contribution in [0.3, 0.4) is 0 Å². The minimum atomic E-state index is 0.0451. The van der Waals surface area contributed by atoms with Crippen molar-refractivity contribution in [3.05, 3.63) is 59.1 Å². The SMILES string of the molecule is Cc1cccc(-c2nnc(SCC(=O)N[C@@H]3CCC[C@@H](C)[C@H]3C)n2-c2ccc(Cl)cc2)c1. The zero-order chi connectivity index (χ0) is 22.7. The van der Waals surface area contributed by atoms with E-state index in [2.05, 4.69) is 48.4 Å². The standard InChI is InChI=1S/C25H29ClN4OS/c1-16-6-4-8-19(14-16)24-28-29-25(30(24)21-12-10-20(26)11-13-21)32-15-23(31)27-22-9-5-7-17(2)18(22)3/h4,6,8,10-14,17-18,22H,5,7,9,15H2,1-3H3,(H,27,31)/t17-,18-,22-/m1/s1. The lowest BCUT2D eigenvalue weighted by atomic mass is 9.78. The Kier molecular flexibility index (Phi) is 7.21. The third-order valence-corrected chi connectivity index (χ3v) is 7.56. The summed E-state index contributed by atoms with van der Waals surface area (Å²) in [4.78, 5) is 12.7. The van der Waals surface area contributed by atoms with Gasteiger partial charge in [0.1, 0.15) is 0 Å². The molecule has 0 aliphatic heterocycles. The molecule has 1 heterocycles. The molecule has 0 spiro atoms. The summed E-state index contributed by atoms with van der Waals surface area (Å²) < 4.78 is 1.99. The second-order valence-electron chi connectivity index (χ2n) is 8.72. The number of hydrogen-bond donors (Lipinski definition) is 1. The van der Waals surface area contributed by atoms with Crippen LogP contribution in [-0.2, 0) is 4.79 Å². The molecule has 1 N–H and O–H groups in total. The van der Waals surface area contributed by atoms with Gasteiger partial charge in [0.05, 0.1) is 5.75 Å². The molecule has 1 saturated carbocycles. The molecule has 1 amide bonds. The highest BCUT2D eigenvalue weighted by Crippen LogP contribution is 2.31. The fraction of sp³-hybridized carbons (Fsp3) is 0.400. The number of amides is 1. The normalized spacial score (nSPS) is 20.8. The van der Waals surface area contributed by atoms with Gasteiger partial charge in [-0.05, 0) is 55.5 Å². The quantitative estimate of drug-likeness (QED) is 0.455. The highest BCUT2D eigenvalue weighted by atomic mass is 35.5. The van der Waals surface area contributed by atoms with Gasteiger partial charge < -0.3 is 5.32 Å². The Labute approximate surface area is 199 Å². The first-order valence-corrected chi connectivity index (χ1v) is 12.5. The van der Waals surface area contributed by atoms with Gasteiger partial charge >= 0.3 is 0 Å². The number of thioether (sulfide) groups is 1. The largest absolute Gasteiger partial charge is 0.352 e. The second kappa shape index (κ2) is 10.1. The third kappa shape index (κ3) is 5.18. The summed E-state index contributed by atoms with van der Waals surface area (Å²) in [6.07, 6.45) is 3.48. The number of rotatable bonds is 6. The first-order valence-electron chi connectivity index (χ1n) is 11.1. The molecule has 3 atom stereocenters. The van der Waals surface area contributed by atoms with Crippen LogP contribution in [-0.4, -0.2) is 32.5 Å². The van der Waals surface area contributed by atoms with E-state index in [1.54, 1.807) is 0 Å². The van der Waals surface area contributed by atoms with Crippen LogP contribution in [0.2, 0.25) is 5.02 Å². The summed E-state index contributed by atoms with van der Waals surface area (Å²) in [6, 6.07) is 16.0. The maximum atomic E-state index is 12.7. The Bertz CT molecular complexity index is 1080. The summed E-state index contributed by atoms with van der Waals surface area (Å²) in [5.74, 6) is 2.24. The smallest absolute Gasteiger partial charge is 0.230 e. The highest BCUT2D eigenvalue weighted by molar-refractivity contribution is 7.99. The molecule has 7 heteroatoms. The minimum Gasteiger partial charge on any atom is -0.352 e. The van der Waals surface area contributed by atoms with Crippen molar-refractivity contribution in [2.45, 2.75) is 51.2 Å². The first kappa shape index (κ1) is 22.9. The summed E-state index contributed by atoms with van der Waals surface area (Å²) in [5.41, 5.74) is 3.04. The van der Waals surface area contributed by atoms with E-state index in [1.807, 2.05) is 41.0 Å². The van der Waals surface area contributed by atoms with E-state index < -0.39 is 0 Å². The maximum absolute atomic E-state index is 12.7. The molecular weight excluding hydrogens is 440 g/mol. The number of nitrogens with zero attached hydrogens (tertiary/aromatic N) is 3. The molecule has 2 aromatic carbocycles. The van der Waals surface area contributed by atoms with E-state index in [1.165, 1.54) is 24.6 Å². The number of carbonyl (C=O) groups is 1. The zero-order valence-corrected chi connectivity index (χ0v) is 20.3. The van der Waals surface area contributed by atoms with Gasteiger partial charge in [-0.15, -0.1) is 10.2 Å². The van der Waals surface area contributed by atoms with Crippen LogP contribution in [0.25, 0.3) is 17.1 Å². The van der Waals surface area contributed by atoms with E-state index in [0.717, 1.165) is 29.1 Å². The summed E-state index contributed by atoms with van der Waals surface area (Å²) >= 11 is 7.52. The molecule has 4 rings (SSSR count). The van der Waals surface area contributed by atoms with Crippen molar-refractivity contribution in [3.8, 4) is 17.1 Å². The molecule has 32 heavy (non-hydrogen) atoms. The average Bonchev–Trinajstić information content (AvgIpc) is 3.20. The van der Waals surface area contributed by atoms with Gasteiger partial charge in [0.2, 0.25) is 5.91 Å². The molecule has 5 nitrogen and oxygen atoms in total. The highest BCUT2D eigenvalue weighted by Gasteiger charge is 2.28. The predicted molar refractivity (Wildman–Crippen MR) is 131 cm³/mol. The summed E-state index contributed by atoms with van der Waals surface area (Å²) in [7, 11) is 0. The molecule has 1 aromatic heterocycles. The fourth-order valence-corrected chi connectivity index (χ4v) is 5.21. The fourth-order valence-electron chi connectivity index (χ4n) is 4.32. The van der Waals surface area contributed by atoms with Crippen LogP contribution in [0.5, 0.6) is 0 Å². The number of aromatic nitrogens is 3. The number of hydrogen-bond acceptors (Lipinski definition) is 4. The molecule has 0 unspecified atom stereocenters. The molecule has 1 fully saturated rings. The van der Waals surface area contributed by atoms with Crippen molar-refractivity contribution >= 4 is 29.3 Å². The Hall–Kier alpha value is -2.31. The van der Waals surface area contributed by atoms with Crippen LogP contribution < -0.4 is 5.32 Å². The second-order valence-corrected chi connectivity index (χ2v) is 10.1. The van der Waals surface area contributed by atoms with Gasteiger partial charge in [0.15, 0.2) is 11.0 Å². The van der Waals surface area contributed by atoms with Gasteiger partial charge in [-0.2, -0.15) is 0 Å². The van der Waals surface area contributed by atoms with Gasteiger partial charge in [0, 0.05) is 22.3 Å². The van der Waals surface area contributed by atoms with E-state index in [4.69, 9.17) is 11.6 Å². The molecule has 0 bridgehead atoms. The molecular formula is C25H29ClN4OS. The summed E-state index contributed by atoms with van der Waals surface area (Å²) in [6.45, 7) is 6.58. The van der Waals surface area contributed by atoms with Crippen molar-refractivity contribution in [3.63, 3.8) is 0 Å². The Morgan fingerprint density at radius 1 is 1.16 bits per heavy atom. The van der Waals surface area contributed by atoms with Crippen molar-refractivity contribution < 1.29 is 4.79 Å². The zero-order valence-electron chi connectivity index (χ0n) is 18.7. The van der Waals surface area contributed by atoms with E-state index >= 15 is 0 Å². The monoisotopic (exact) mass is 468 g/mol. The van der Waals surface area contributed by atoms with Crippen LogP contribution in [0.4, 0.5) is 0 Å². The number of halogens is 1. The van der Waals surface area contributed by atoms with E-state index in [-0.39, 0.29) is 11.9 Å². The van der Waals surface area contributed by atoms with Crippen LogP contribution in [0.15, 0.2) is 53.7 Å². The average molecular weight is 469 g/mol. The van der Waals surface area contributed by atoms with Crippen LogP contribution in [0.1, 0.15) is 38.7 Å². The number of carbonyl (C=O) groups excluding carboxylic acids is 1. The van der Waals surface area contributed by atoms with Crippen molar-refractivity contribution in [1.82, 2.24) is 20.1 Å². The van der Waals surface area contributed by atoms with E-state index in [0.29, 0.717) is 27.8 Å². The Morgan fingerprint density at radius 2 is 1.94 bits per heavy atom. The molecule has 1 aliphatic rings. The lowest BCUT2D eigenvalue weighted by molar-refractivity contribution is -0.120. The Balaban J connectivity index is 1.56. The van der Waals surface area contributed by atoms with Gasteiger partial charge in [-0.1, -0.05) is 73.8 Å². The maximum Gasteiger partial charge on any atom is 0.230 e. The molecule has 1 aliphatic carbocycles. The number of aryl methyl sites for hydroxylation is 1. The first-order chi connectivity index (χ1) is 15.4. The lowest BCUT2D eigenvalue weighted by Crippen LogP contribution is -2.44. The minimum absolute atomic E-state index is 0.0451. The van der Waals surface area contributed by atoms with Gasteiger partial charge in [-0.25, -0.2) is 0 Å². The van der Waals surface area contributed by atoms with E-state index in [9.17, 15) is 4.79 Å². The van der Waals surface area contributed by atoms with Crippen molar-refractivity contribution in [2.24, 2.45) is 11.8 Å². The third-order valence-electron chi connectivity index (χ3n) is 6.38. The van der Waals surface area contributed by atoms with Crippen LogP contribution >= 0.6 is 23.4 Å². The Morgan fingerprint density at radius 3 is 2.69 bits per heavy atom. The molecule has 0 radical (unpaired) electrons. The van der Waals surface area contributed by atoms with Crippen molar-refractivity contribution in [2.75, 3.05) is 5.75 Å². The lowest BCUT2D eigenvalue weighted by Gasteiger charge is -2.34. The molecule has 3 aromatic rings. The molecule has 0 saturated heterocycles. The van der Waals surface area contributed by atoms with Crippen LogP contribution in [0, 0.1) is 18.8 Å². The number of benzene rings is 2. The van der Waals surface area contributed by atoms with Gasteiger partial charge in [0.25, 0.3) is 0 Å².